The van der Waals surface area contributed by atoms with Crippen LogP contribution in [0.25, 0.3) is 44.9 Å². The van der Waals surface area contributed by atoms with E-state index in [0.29, 0.717) is 33.9 Å². The summed E-state index contributed by atoms with van der Waals surface area (Å²) in [6.07, 6.45) is 1.60. The molecule has 36 heavy (non-hydrogen) atoms. The first kappa shape index (κ1) is 21.9. The number of anilines is 1. The molecule has 1 aliphatic rings. The summed E-state index contributed by atoms with van der Waals surface area (Å²) >= 11 is 0. The fourth-order valence-electron chi connectivity index (χ4n) is 4.82. The maximum Gasteiger partial charge on any atom is 0.157 e. The lowest BCUT2D eigenvalue weighted by Gasteiger charge is -2.29. The minimum absolute atomic E-state index is 0.198. The number of H-pyrrole nitrogens is 1. The molecule has 4 heterocycles. The Bertz CT molecular complexity index is 1590. The zero-order valence-electron chi connectivity index (χ0n) is 19.7. The largest absolute Gasteiger partial charge is 0.508 e. The van der Waals surface area contributed by atoms with E-state index in [-0.39, 0.29) is 5.75 Å². The normalized spacial score (nSPS) is 13.7. The Hall–Kier alpha value is -4.61. The van der Waals surface area contributed by atoms with E-state index in [0.717, 1.165) is 53.9 Å². The van der Waals surface area contributed by atoms with Gasteiger partial charge >= 0.3 is 0 Å². The smallest absolute Gasteiger partial charge is 0.157 e. The van der Waals surface area contributed by atoms with Crippen molar-refractivity contribution in [1.82, 2.24) is 20.5 Å². The van der Waals surface area contributed by atoms with Crippen molar-refractivity contribution in [2.75, 3.05) is 31.1 Å². The Morgan fingerprint density at radius 2 is 1.81 bits per heavy atom. The molecular weight excluding hydrogens is 452 g/mol. The Kier molecular flexibility index (Phi) is 5.40. The number of hydrogen-bond acceptors (Lipinski definition) is 7. The number of benzene rings is 2. The predicted octanol–water partition coefficient (Wildman–Crippen LogP) is 4.85. The summed E-state index contributed by atoms with van der Waals surface area (Å²) in [6, 6.07) is 19.6. The number of rotatable bonds is 4. The van der Waals surface area contributed by atoms with E-state index in [9.17, 15) is 10.4 Å². The molecule has 1 aliphatic heterocycles. The van der Waals surface area contributed by atoms with Crippen molar-refractivity contribution in [3.05, 3.63) is 72.0 Å². The van der Waals surface area contributed by atoms with Gasteiger partial charge in [-0.05, 0) is 60.5 Å². The highest BCUT2D eigenvalue weighted by Gasteiger charge is 2.24. The van der Waals surface area contributed by atoms with Crippen molar-refractivity contribution in [2.45, 2.75) is 6.92 Å². The molecule has 5 aromatic rings. The van der Waals surface area contributed by atoms with Crippen LogP contribution in [0.2, 0.25) is 0 Å². The number of hydrogen-bond donors (Lipinski definition) is 3. The molecule has 0 aliphatic carbocycles. The maximum absolute atomic E-state index is 10.4. The van der Waals surface area contributed by atoms with Crippen LogP contribution in [0.4, 0.5) is 5.69 Å². The molecule has 0 bridgehead atoms. The molecule has 0 amide bonds. The van der Waals surface area contributed by atoms with Gasteiger partial charge in [0.2, 0.25) is 0 Å². The Morgan fingerprint density at radius 3 is 2.50 bits per heavy atom. The second kappa shape index (κ2) is 8.87. The standard InChI is InChI=1S/C28H24N6O2/c1-17-15-19(6-9-22(17)35)26-21(16-29)24(18-4-7-20(8-5-18)34-12-10-30-11-13-34)25-27(23-3-2-14-36-23)32-33-28(25)31-26/h2-9,14-15,30,35H,10-13H2,1H3,(H,31,32,33). The SMILES string of the molecule is Cc1cc(-c2nc3[nH]nc(-c4ccco4)c3c(-c3ccc(N4CCNCC4)cc3)c2C#N)ccc1O. The van der Waals surface area contributed by atoms with Crippen molar-refractivity contribution in [3.63, 3.8) is 0 Å². The average molecular weight is 477 g/mol. The highest BCUT2D eigenvalue weighted by atomic mass is 16.3. The van der Waals surface area contributed by atoms with Gasteiger partial charge in [0.1, 0.15) is 17.5 Å². The molecule has 1 saturated heterocycles. The summed E-state index contributed by atoms with van der Waals surface area (Å²) in [6.45, 7) is 5.66. The van der Waals surface area contributed by atoms with Crippen molar-refractivity contribution in [1.29, 1.82) is 5.26 Å². The minimum atomic E-state index is 0.198. The number of aromatic amines is 1. The van der Waals surface area contributed by atoms with E-state index < -0.39 is 0 Å². The zero-order valence-corrected chi connectivity index (χ0v) is 19.7. The fraction of sp³-hybridized carbons (Fsp3) is 0.179. The van der Waals surface area contributed by atoms with E-state index in [4.69, 9.17) is 9.40 Å². The molecule has 178 valence electrons. The first-order chi connectivity index (χ1) is 17.6. The first-order valence-corrected chi connectivity index (χ1v) is 11.9. The Labute approximate surface area is 207 Å². The number of phenolic OH excluding ortho intramolecular Hbond substituents is 1. The lowest BCUT2D eigenvalue weighted by Crippen LogP contribution is -2.43. The molecule has 6 rings (SSSR count). The summed E-state index contributed by atoms with van der Waals surface area (Å²) in [5, 5.41) is 32.1. The molecule has 3 N–H and O–H groups in total. The molecule has 0 saturated carbocycles. The van der Waals surface area contributed by atoms with E-state index >= 15 is 0 Å². The molecule has 8 heteroatoms. The zero-order chi connectivity index (χ0) is 24.6. The number of aromatic nitrogens is 3. The monoisotopic (exact) mass is 476 g/mol. The van der Waals surface area contributed by atoms with Crippen LogP contribution in [0.1, 0.15) is 11.1 Å². The molecule has 2 aromatic carbocycles. The summed E-state index contributed by atoms with van der Waals surface area (Å²) in [7, 11) is 0. The van der Waals surface area contributed by atoms with Crippen LogP contribution >= 0.6 is 0 Å². The van der Waals surface area contributed by atoms with Gasteiger partial charge in [0.05, 0.1) is 22.9 Å². The van der Waals surface area contributed by atoms with Crippen molar-refractivity contribution < 1.29 is 9.52 Å². The Morgan fingerprint density at radius 1 is 1.03 bits per heavy atom. The number of aromatic hydroxyl groups is 1. The molecule has 0 radical (unpaired) electrons. The molecule has 1 fully saturated rings. The number of aryl methyl sites for hydroxylation is 1. The topological polar surface area (TPSA) is 114 Å². The van der Waals surface area contributed by atoms with Gasteiger partial charge in [-0.15, -0.1) is 0 Å². The van der Waals surface area contributed by atoms with Crippen LogP contribution < -0.4 is 10.2 Å². The van der Waals surface area contributed by atoms with Crippen LogP contribution in [-0.4, -0.2) is 46.5 Å². The van der Waals surface area contributed by atoms with Gasteiger partial charge in [0.25, 0.3) is 0 Å². The van der Waals surface area contributed by atoms with Gasteiger partial charge in [-0.25, -0.2) is 4.98 Å². The average Bonchev–Trinajstić information content (AvgIpc) is 3.60. The van der Waals surface area contributed by atoms with E-state index in [1.807, 2.05) is 25.1 Å². The number of nitriles is 1. The second-order valence-electron chi connectivity index (χ2n) is 8.88. The summed E-state index contributed by atoms with van der Waals surface area (Å²) in [5.74, 6) is 0.794. The number of furan rings is 1. The molecule has 0 spiro atoms. The van der Waals surface area contributed by atoms with Crippen molar-refractivity contribution in [3.8, 4) is 45.7 Å². The second-order valence-corrected chi connectivity index (χ2v) is 8.88. The fourth-order valence-corrected chi connectivity index (χ4v) is 4.82. The third-order valence-corrected chi connectivity index (χ3v) is 6.68. The number of fused-ring (bicyclic) bond motifs is 1. The molecule has 3 aromatic heterocycles. The summed E-state index contributed by atoms with van der Waals surface area (Å²) in [5.41, 5.74) is 6.38. The van der Waals surface area contributed by atoms with Crippen LogP contribution in [0.3, 0.4) is 0 Å². The van der Waals surface area contributed by atoms with Crippen molar-refractivity contribution >= 4 is 16.7 Å². The van der Waals surface area contributed by atoms with Gasteiger partial charge < -0.3 is 19.7 Å². The van der Waals surface area contributed by atoms with Crippen molar-refractivity contribution in [2.24, 2.45) is 0 Å². The van der Waals surface area contributed by atoms with E-state index in [1.54, 1.807) is 18.4 Å². The highest BCUT2D eigenvalue weighted by molar-refractivity contribution is 6.06. The Balaban J connectivity index is 1.59. The summed E-state index contributed by atoms with van der Waals surface area (Å²) < 4.78 is 5.66. The molecule has 8 nitrogen and oxygen atoms in total. The van der Waals surface area contributed by atoms with Gasteiger partial charge in [-0.3, -0.25) is 5.10 Å². The number of piperazine rings is 1. The van der Waals surface area contributed by atoms with Gasteiger partial charge in [0.15, 0.2) is 11.4 Å². The first-order valence-electron chi connectivity index (χ1n) is 11.9. The number of pyridine rings is 1. The van der Waals surface area contributed by atoms with Gasteiger partial charge in [-0.2, -0.15) is 10.4 Å². The van der Waals surface area contributed by atoms with Crippen LogP contribution in [0.15, 0.2) is 65.3 Å². The molecular formula is C28H24N6O2. The van der Waals surface area contributed by atoms with Gasteiger partial charge in [0, 0.05) is 43.0 Å². The molecule has 0 unspecified atom stereocenters. The lowest BCUT2D eigenvalue weighted by molar-refractivity contribution is 0.471. The van der Waals surface area contributed by atoms with E-state index in [1.165, 1.54) is 0 Å². The number of phenols is 1. The van der Waals surface area contributed by atoms with Crippen LogP contribution in [0, 0.1) is 18.3 Å². The summed E-state index contributed by atoms with van der Waals surface area (Å²) in [4.78, 5) is 7.17. The highest BCUT2D eigenvalue weighted by Crippen LogP contribution is 2.41. The number of nitrogens with zero attached hydrogens (tertiary/aromatic N) is 4. The van der Waals surface area contributed by atoms with Crippen LogP contribution in [0.5, 0.6) is 5.75 Å². The van der Waals surface area contributed by atoms with Crippen LogP contribution in [-0.2, 0) is 0 Å². The lowest BCUT2D eigenvalue weighted by atomic mass is 9.92. The predicted molar refractivity (Wildman–Crippen MR) is 139 cm³/mol. The molecule has 0 atom stereocenters. The van der Waals surface area contributed by atoms with E-state index in [2.05, 4.69) is 50.7 Å². The third-order valence-electron chi connectivity index (χ3n) is 6.68. The number of nitrogens with one attached hydrogen (secondary N) is 2. The quantitative estimate of drug-likeness (QED) is 0.340. The maximum atomic E-state index is 10.4. The van der Waals surface area contributed by atoms with Gasteiger partial charge in [-0.1, -0.05) is 12.1 Å². The minimum Gasteiger partial charge on any atom is -0.508 e. The third kappa shape index (κ3) is 3.67.